The first-order valence-corrected chi connectivity index (χ1v) is 4.53. The summed E-state index contributed by atoms with van der Waals surface area (Å²) >= 11 is 0. The molecule has 0 saturated heterocycles. The van der Waals surface area contributed by atoms with Crippen LogP contribution in [-0.4, -0.2) is 11.4 Å². The van der Waals surface area contributed by atoms with E-state index in [0.29, 0.717) is 11.3 Å². The van der Waals surface area contributed by atoms with Gasteiger partial charge >= 0.3 is 0 Å². The highest BCUT2D eigenvalue weighted by Gasteiger charge is 2.50. The number of oxime groups is 1. The first-order valence-electron chi connectivity index (χ1n) is 4.53. The lowest BCUT2D eigenvalue weighted by Crippen LogP contribution is -2.48. The zero-order valence-electron chi connectivity index (χ0n) is 7.62. The van der Waals surface area contributed by atoms with Gasteiger partial charge in [-0.1, -0.05) is 25.1 Å². The molecule has 1 saturated carbocycles. The fourth-order valence-electron chi connectivity index (χ4n) is 2.61. The van der Waals surface area contributed by atoms with Crippen molar-refractivity contribution in [3.63, 3.8) is 0 Å². The molecule has 0 spiro atoms. The van der Waals surface area contributed by atoms with Crippen LogP contribution in [0.25, 0.3) is 0 Å². The molecule has 0 aromatic carbocycles. The molecule has 0 aliphatic heterocycles. The Morgan fingerprint density at radius 3 is 2.92 bits per heavy atom. The minimum absolute atomic E-state index is 0.436. The van der Waals surface area contributed by atoms with Gasteiger partial charge in [0.05, 0.1) is 6.21 Å². The topological polar surface area (TPSA) is 32.6 Å². The molecule has 3 aliphatic carbocycles. The summed E-state index contributed by atoms with van der Waals surface area (Å²) in [6.07, 6.45) is 6.25. The van der Waals surface area contributed by atoms with Crippen LogP contribution in [0.1, 0.15) is 26.7 Å². The molecule has 0 aromatic heterocycles. The maximum Gasteiger partial charge on any atom is 0.0693 e. The highest BCUT2D eigenvalue weighted by atomic mass is 16.4. The molecule has 2 heteroatoms. The molecular formula is C10H15NO. The zero-order valence-corrected chi connectivity index (χ0v) is 7.62. The molecule has 2 bridgehead atoms. The predicted molar refractivity (Wildman–Crippen MR) is 48.4 cm³/mol. The number of rotatable bonds is 1. The summed E-state index contributed by atoms with van der Waals surface area (Å²) in [5, 5.41) is 11.6. The molecule has 0 unspecified atom stereocenters. The van der Waals surface area contributed by atoms with E-state index in [2.05, 4.69) is 25.1 Å². The van der Waals surface area contributed by atoms with Crippen molar-refractivity contribution < 1.29 is 5.21 Å². The Morgan fingerprint density at radius 2 is 2.42 bits per heavy atom. The van der Waals surface area contributed by atoms with E-state index in [-0.39, 0.29) is 0 Å². The van der Waals surface area contributed by atoms with E-state index in [9.17, 15) is 0 Å². The fraction of sp³-hybridized carbons (Fsp3) is 0.700. The van der Waals surface area contributed by atoms with Gasteiger partial charge in [-0.2, -0.15) is 0 Å². The summed E-state index contributed by atoms with van der Waals surface area (Å²) in [5.74, 6) is 1.49. The van der Waals surface area contributed by atoms with Gasteiger partial charge in [0.15, 0.2) is 0 Å². The predicted octanol–water partition coefficient (Wildman–Crippen LogP) is 2.44. The van der Waals surface area contributed by atoms with Crippen LogP contribution in [0.15, 0.2) is 16.8 Å². The van der Waals surface area contributed by atoms with Crippen LogP contribution >= 0.6 is 0 Å². The maximum absolute atomic E-state index is 8.45. The second-order valence-corrected chi connectivity index (χ2v) is 4.49. The lowest BCUT2D eigenvalue weighted by Gasteiger charge is -2.55. The summed E-state index contributed by atoms with van der Waals surface area (Å²) < 4.78 is 0. The first-order chi connectivity index (χ1) is 5.66. The second kappa shape index (κ2) is 2.35. The van der Waals surface area contributed by atoms with Crippen molar-refractivity contribution in [1.82, 2.24) is 0 Å². The van der Waals surface area contributed by atoms with Gasteiger partial charge in [0.1, 0.15) is 0 Å². The van der Waals surface area contributed by atoms with Crippen molar-refractivity contribution in [2.75, 3.05) is 0 Å². The van der Waals surface area contributed by atoms with E-state index in [4.69, 9.17) is 5.21 Å². The van der Waals surface area contributed by atoms with E-state index in [0.717, 1.165) is 12.3 Å². The number of fused-ring (bicyclic) bond motifs is 1. The molecule has 2 nitrogen and oxygen atoms in total. The molecule has 66 valence electrons. The number of allylic oxidation sites excluding steroid dienone is 2. The highest BCUT2D eigenvalue weighted by molar-refractivity contribution is 5.79. The average Bonchev–Trinajstić information content (AvgIpc) is 2.05. The number of hydrogen-bond acceptors (Lipinski definition) is 2. The Bertz CT molecular complexity index is 253. The smallest absolute Gasteiger partial charge is 0.0693 e. The lowest BCUT2D eigenvalue weighted by atomic mass is 9.49. The molecule has 1 fully saturated rings. The monoisotopic (exact) mass is 165 g/mol. The molecule has 12 heavy (non-hydrogen) atoms. The van der Waals surface area contributed by atoms with Gasteiger partial charge in [0.2, 0.25) is 0 Å². The van der Waals surface area contributed by atoms with Crippen molar-refractivity contribution in [2.24, 2.45) is 22.4 Å². The maximum atomic E-state index is 8.45. The summed E-state index contributed by atoms with van der Waals surface area (Å²) in [5.41, 5.74) is 1.66. The molecular weight excluding hydrogens is 150 g/mol. The van der Waals surface area contributed by atoms with Crippen LogP contribution in [-0.2, 0) is 0 Å². The van der Waals surface area contributed by atoms with Gasteiger partial charge in [-0.3, -0.25) is 0 Å². The van der Waals surface area contributed by atoms with Gasteiger partial charge in [-0.15, -0.1) is 0 Å². The molecule has 3 rings (SSSR count). The van der Waals surface area contributed by atoms with E-state index >= 15 is 0 Å². The Hall–Kier alpha value is -0.790. The van der Waals surface area contributed by atoms with Gasteiger partial charge in [-0.25, -0.2) is 0 Å². The number of nitrogens with zero attached hydrogens (tertiary/aromatic N) is 1. The Kier molecular flexibility index (Phi) is 1.53. The van der Waals surface area contributed by atoms with E-state index < -0.39 is 0 Å². The van der Waals surface area contributed by atoms with Crippen LogP contribution in [0, 0.1) is 17.3 Å². The molecule has 1 N–H and O–H groups in total. The normalized spacial score (nSPS) is 37.7. The van der Waals surface area contributed by atoms with Crippen molar-refractivity contribution in [2.45, 2.75) is 26.7 Å². The minimum Gasteiger partial charge on any atom is -0.411 e. The Labute approximate surface area is 73.0 Å². The summed E-state index contributed by atoms with van der Waals surface area (Å²) in [4.78, 5) is 0. The van der Waals surface area contributed by atoms with Crippen LogP contribution < -0.4 is 0 Å². The van der Waals surface area contributed by atoms with Gasteiger partial charge in [-0.05, 0) is 35.7 Å². The van der Waals surface area contributed by atoms with Gasteiger partial charge < -0.3 is 5.21 Å². The van der Waals surface area contributed by atoms with Crippen molar-refractivity contribution in [3.8, 4) is 0 Å². The van der Waals surface area contributed by atoms with Crippen molar-refractivity contribution in [3.05, 3.63) is 11.6 Å². The highest BCUT2D eigenvalue weighted by Crippen LogP contribution is 2.58. The fourth-order valence-corrected chi connectivity index (χ4v) is 2.61. The summed E-state index contributed by atoms with van der Waals surface area (Å²) in [6.45, 7) is 4.62. The quantitative estimate of drug-likeness (QED) is 0.361. The van der Waals surface area contributed by atoms with Crippen LogP contribution in [0.5, 0.6) is 0 Å². The van der Waals surface area contributed by atoms with Crippen molar-refractivity contribution >= 4 is 6.21 Å². The largest absolute Gasteiger partial charge is 0.411 e. The SMILES string of the molecule is CC1(C)[C@H]2CC=C(/C=N/O)[C@@H]1C2. The average molecular weight is 165 g/mol. The molecule has 2 atom stereocenters. The summed E-state index contributed by atoms with van der Waals surface area (Å²) in [6, 6.07) is 0. The third-order valence-electron chi connectivity index (χ3n) is 3.72. The van der Waals surface area contributed by atoms with Crippen LogP contribution in [0.3, 0.4) is 0 Å². The Morgan fingerprint density at radius 1 is 1.67 bits per heavy atom. The van der Waals surface area contributed by atoms with E-state index in [1.54, 1.807) is 6.21 Å². The Balaban J connectivity index is 2.23. The standard InChI is InChI=1S/C10H15NO/c1-10(2)8-4-3-7(6-11-12)9(10)5-8/h3,6,8-9,12H,4-5H2,1-2H3/b11-6+/t8-,9-/m0/s1. The molecule has 3 aliphatic rings. The first kappa shape index (κ1) is 7.84. The lowest BCUT2D eigenvalue weighted by molar-refractivity contribution is -0.00141. The van der Waals surface area contributed by atoms with E-state index in [1.807, 2.05) is 0 Å². The third kappa shape index (κ3) is 0.838. The van der Waals surface area contributed by atoms with Gasteiger partial charge in [0.25, 0.3) is 0 Å². The van der Waals surface area contributed by atoms with Crippen LogP contribution in [0.4, 0.5) is 0 Å². The van der Waals surface area contributed by atoms with Crippen LogP contribution in [0.2, 0.25) is 0 Å². The molecule has 0 radical (unpaired) electrons. The molecule has 0 heterocycles. The molecule has 0 aromatic rings. The second-order valence-electron chi connectivity index (χ2n) is 4.49. The number of hydrogen-bond donors (Lipinski definition) is 1. The van der Waals surface area contributed by atoms with Gasteiger partial charge in [0, 0.05) is 0 Å². The zero-order chi connectivity index (χ0) is 8.77. The van der Waals surface area contributed by atoms with Crippen molar-refractivity contribution in [1.29, 1.82) is 0 Å². The third-order valence-corrected chi connectivity index (χ3v) is 3.72. The van der Waals surface area contributed by atoms with E-state index in [1.165, 1.54) is 12.0 Å². The molecule has 0 amide bonds. The summed E-state index contributed by atoms with van der Waals surface area (Å²) in [7, 11) is 0. The minimum atomic E-state index is 0.436.